The molecule has 0 aliphatic carbocycles. The summed E-state index contributed by atoms with van der Waals surface area (Å²) in [5.74, 6) is -0.739. The van der Waals surface area contributed by atoms with E-state index < -0.39 is 5.91 Å². The van der Waals surface area contributed by atoms with Gasteiger partial charge in [0, 0.05) is 29.9 Å². The molecule has 1 aliphatic heterocycles. The second-order valence-corrected chi connectivity index (χ2v) is 9.84. The monoisotopic (exact) mass is 496 g/mol. The van der Waals surface area contributed by atoms with Crippen LogP contribution in [0.25, 0.3) is 10.1 Å². The molecule has 4 rings (SSSR count). The Balaban J connectivity index is 1.49. The number of hydroxylamine groups is 1. The van der Waals surface area contributed by atoms with E-state index >= 15 is 0 Å². The molecular weight excluding hydrogens is 468 g/mol. The Bertz CT molecular complexity index is 1160. The molecular formula is C25H28N4O3S2. The number of amides is 2. The molecule has 0 spiro atoms. The van der Waals surface area contributed by atoms with E-state index in [-0.39, 0.29) is 5.91 Å². The zero-order chi connectivity index (χ0) is 23.9. The lowest BCUT2D eigenvalue weighted by molar-refractivity contribution is 0.0711. The fourth-order valence-corrected chi connectivity index (χ4v) is 5.30. The second-order valence-electron chi connectivity index (χ2n) is 8.37. The van der Waals surface area contributed by atoms with Crippen LogP contribution in [0.3, 0.4) is 0 Å². The van der Waals surface area contributed by atoms with Crippen LogP contribution in [-0.2, 0) is 6.54 Å². The number of thiophene rings is 1. The molecule has 1 saturated heterocycles. The molecule has 1 aromatic heterocycles. The van der Waals surface area contributed by atoms with Gasteiger partial charge in [0.1, 0.15) is 0 Å². The Morgan fingerprint density at radius 1 is 1.03 bits per heavy atom. The Morgan fingerprint density at radius 3 is 2.53 bits per heavy atom. The predicted molar refractivity (Wildman–Crippen MR) is 138 cm³/mol. The van der Waals surface area contributed by atoms with Gasteiger partial charge in [-0.2, -0.15) is 0 Å². The van der Waals surface area contributed by atoms with Gasteiger partial charge in [0.25, 0.3) is 11.8 Å². The Morgan fingerprint density at radius 2 is 1.79 bits per heavy atom. The highest BCUT2D eigenvalue weighted by Crippen LogP contribution is 2.27. The zero-order valence-electron chi connectivity index (χ0n) is 18.8. The van der Waals surface area contributed by atoms with E-state index in [0.29, 0.717) is 28.6 Å². The van der Waals surface area contributed by atoms with Gasteiger partial charge in [-0.25, -0.2) is 5.48 Å². The van der Waals surface area contributed by atoms with Gasteiger partial charge in [-0.15, -0.1) is 11.3 Å². The van der Waals surface area contributed by atoms with Crippen molar-refractivity contribution in [3.05, 3.63) is 70.6 Å². The molecule has 178 valence electrons. The molecule has 7 nitrogen and oxygen atoms in total. The van der Waals surface area contributed by atoms with Crippen molar-refractivity contribution in [3.8, 4) is 0 Å². The van der Waals surface area contributed by atoms with Gasteiger partial charge in [0.2, 0.25) is 0 Å². The van der Waals surface area contributed by atoms with Crippen LogP contribution in [0.1, 0.15) is 44.9 Å². The predicted octanol–water partition coefficient (Wildman–Crippen LogP) is 4.02. The molecule has 34 heavy (non-hydrogen) atoms. The van der Waals surface area contributed by atoms with E-state index in [1.807, 2.05) is 41.3 Å². The average Bonchev–Trinajstić information content (AvgIpc) is 3.30. The van der Waals surface area contributed by atoms with Crippen LogP contribution in [-0.4, -0.2) is 58.1 Å². The van der Waals surface area contributed by atoms with Gasteiger partial charge < -0.3 is 9.80 Å². The van der Waals surface area contributed by atoms with Crippen molar-refractivity contribution < 1.29 is 14.8 Å². The smallest absolute Gasteiger partial charge is 0.284 e. The number of carbonyl (C=O) groups excluding carboxylic acids is 2. The minimum atomic E-state index is -0.518. The van der Waals surface area contributed by atoms with Crippen molar-refractivity contribution in [2.24, 2.45) is 0 Å². The normalized spacial score (nSPS) is 14.0. The molecule has 0 atom stereocenters. The summed E-state index contributed by atoms with van der Waals surface area (Å²) in [4.78, 5) is 29.4. The Labute approximate surface area is 208 Å². The highest BCUT2D eigenvalue weighted by atomic mass is 32.1. The minimum absolute atomic E-state index is 0.221. The summed E-state index contributed by atoms with van der Waals surface area (Å²) in [5, 5.41) is 13.1. The van der Waals surface area contributed by atoms with Crippen LogP contribution >= 0.6 is 23.6 Å². The van der Waals surface area contributed by atoms with Crippen molar-refractivity contribution in [3.63, 3.8) is 0 Å². The standard InChI is InChI=1S/C25H28N4O3S2/c30-23(19-7-3-1-4-8-19)26-25(33)29(14-13-28-11-5-2-6-12-28)17-18-9-10-21-20(15-18)16-22(34-21)24(31)27-32/h1,3-4,7-10,15-16,32H,2,5-6,11-14,17H2,(H,27,31)(H,26,30,33). The van der Waals surface area contributed by atoms with Gasteiger partial charge in [-0.3, -0.25) is 20.1 Å². The summed E-state index contributed by atoms with van der Waals surface area (Å²) in [5.41, 5.74) is 3.27. The van der Waals surface area contributed by atoms with E-state index in [1.54, 1.807) is 23.7 Å². The first-order chi connectivity index (χ1) is 16.5. The van der Waals surface area contributed by atoms with Gasteiger partial charge in [0.05, 0.1) is 4.88 Å². The summed E-state index contributed by atoms with van der Waals surface area (Å²) in [6, 6.07) is 16.8. The van der Waals surface area contributed by atoms with Crippen LogP contribution in [0, 0.1) is 0 Å². The number of carbonyl (C=O) groups is 2. The molecule has 3 N–H and O–H groups in total. The molecule has 1 aliphatic rings. The first kappa shape index (κ1) is 24.3. The van der Waals surface area contributed by atoms with Gasteiger partial charge in [-0.1, -0.05) is 30.7 Å². The van der Waals surface area contributed by atoms with E-state index in [1.165, 1.54) is 30.6 Å². The quantitative estimate of drug-likeness (QED) is 0.260. The topological polar surface area (TPSA) is 84.9 Å². The molecule has 0 radical (unpaired) electrons. The molecule has 2 heterocycles. The van der Waals surface area contributed by atoms with Crippen molar-refractivity contribution in [2.75, 3.05) is 26.2 Å². The largest absolute Gasteiger partial charge is 0.343 e. The van der Waals surface area contributed by atoms with Crippen LogP contribution in [0.15, 0.2) is 54.6 Å². The summed E-state index contributed by atoms with van der Waals surface area (Å²) in [7, 11) is 0. The third-order valence-electron chi connectivity index (χ3n) is 5.96. The minimum Gasteiger partial charge on any atom is -0.343 e. The Hall–Kier alpha value is -2.85. The number of piperidine rings is 1. The number of hydrogen-bond acceptors (Lipinski definition) is 6. The summed E-state index contributed by atoms with van der Waals surface area (Å²) in [6.07, 6.45) is 3.71. The van der Waals surface area contributed by atoms with Gasteiger partial charge >= 0.3 is 0 Å². The van der Waals surface area contributed by atoms with E-state index in [2.05, 4.69) is 10.2 Å². The first-order valence-electron chi connectivity index (χ1n) is 11.4. The summed E-state index contributed by atoms with van der Waals surface area (Å²) >= 11 is 6.99. The number of hydrogen-bond donors (Lipinski definition) is 3. The number of thiocarbonyl (C=S) groups is 1. The van der Waals surface area contributed by atoms with Crippen LogP contribution < -0.4 is 10.8 Å². The molecule has 9 heteroatoms. The maximum Gasteiger partial charge on any atom is 0.284 e. The number of nitrogens with zero attached hydrogens (tertiary/aromatic N) is 2. The highest BCUT2D eigenvalue weighted by molar-refractivity contribution is 7.80. The zero-order valence-corrected chi connectivity index (χ0v) is 20.5. The lowest BCUT2D eigenvalue weighted by atomic mass is 10.1. The van der Waals surface area contributed by atoms with Crippen molar-refractivity contribution >= 4 is 50.6 Å². The Kier molecular flexibility index (Phi) is 8.23. The van der Waals surface area contributed by atoms with Crippen LogP contribution in [0.5, 0.6) is 0 Å². The molecule has 2 aromatic carbocycles. The second kappa shape index (κ2) is 11.5. The molecule has 0 saturated carbocycles. The van der Waals surface area contributed by atoms with Gasteiger partial charge in [0.15, 0.2) is 5.11 Å². The lowest BCUT2D eigenvalue weighted by Gasteiger charge is -2.31. The number of nitrogens with one attached hydrogen (secondary N) is 2. The fourth-order valence-electron chi connectivity index (χ4n) is 4.11. The molecule has 0 unspecified atom stereocenters. The number of benzene rings is 2. The highest BCUT2D eigenvalue weighted by Gasteiger charge is 2.18. The summed E-state index contributed by atoms with van der Waals surface area (Å²) in [6.45, 7) is 4.30. The first-order valence-corrected chi connectivity index (χ1v) is 12.6. The number of likely N-dealkylation sites (tertiary alicyclic amines) is 1. The number of rotatable bonds is 7. The lowest BCUT2D eigenvalue weighted by Crippen LogP contribution is -2.46. The molecule has 3 aromatic rings. The molecule has 0 bridgehead atoms. The van der Waals surface area contributed by atoms with E-state index in [4.69, 9.17) is 17.4 Å². The third-order valence-corrected chi connectivity index (χ3v) is 7.43. The van der Waals surface area contributed by atoms with Gasteiger partial charge in [-0.05, 0) is 79.4 Å². The van der Waals surface area contributed by atoms with Crippen molar-refractivity contribution in [2.45, 2.75) is 25.8 Å². The molecule has 2 amide bonds. The van der Waals surface area contributed by atoms with E-state index in [9.17, 15) is 9.59 Å². The van der Waals surface area contributed by atoms with Crippen LogP contribution in [0.4, 0.5) is 0 Å². The SMILES string of the molecule is O=C(NC(=S)N(CCN1CCCCC1)Cc1ccc2sc(C(=O)NO)cc2c1)c1ccccc1. The van der Waals surface area contributed by atoms with Crippen molar-refractivity contribution in [1.82, 2.24) is 20.6 Å². The summed E-state index contributed by atoms with van der Waals surface area (Å²) < 4.78 is 0.960. The molecule has 1 fully saturated rings. The van der Waals surface area contributed by atoms with Crippen molar-refractivity contribution in [1.29, 1.82) is 0 Å². The average molecular weight is 497 g/mol. The maximum absolute atomic E-state index is 12.7. The fraction of sp³-hybridized carbons (Fsp3) is 0.320. The van der Waals surface area contributed by atoms with Crippen LogP contribution in [0.2, 0.25) is 0 Å². The van der Waals surface area contributed by atoms with E-state index in [0.717, 1.165) is 35.3 Å². The maximum atomic E-state index is 12.7. The third kappa shape index (κ3) is 6.18. The number of fused-ring (bicyclic) bond motifs is 1.